The van der Waals surface area contributed by atoms with Crippen molar-refractivity contribution in [1.29, 1.82) is 0 Å². The Bertz CT molecular complexity index is 1310. The minimum Gasteiger partial charge on any atom is -0.462 e. The number of carbonyl (C=O) groups excluding carboxylic acids is 3. The second kappa shape index (κ2) is 70.4. The summed E-state index contributed by atoms with van der Waals surface area (Å²) in [5.41, 5.74) is 0. The van der Waals surface area contributed by atoms with Crippen LogP contribution in [0.2, 0.25) is 0 Å². The topological polar surface area (TPSA) is 78.9 Å². The maximum absolute atomic E-state index is 12.9. The molecule has 0 N–H and O–H groups in total. The van der Waals surface area contributed by atoms with Gasteiger partial charge in [-0.15, -0.1) is 0 Å². The van der Waals surface area contributed by atoms with Gasteiger partial charge in [0.2, 0.25) is 0 Å². The largest absolute Gasteiger partial charge is 0.462 e. The predicted molar refractivity (Wildman–Crippen MR) is 353 cm³/mol. The van der Waals surface area contributed by atoms with Crippen LogP contribution in [-0.2, 0) is 28.6 Å². The van der Waals surface area contributed by atoms with Crippen LogP contribution in [0, 0.1) is 0 Å². The van der Waals surface area contributed by atoms with Crippen molar-refractivity contribution in [3.8, 4) is 0 Å². The molecule has 81 heavy (non-hydrogen) atoms. The van der Waals surface area contributed by atoms with Crippen LogP contribution in [0.4, 0.5) is 0 Å². The maximum atomic E-state index is 12.9. The third-order valence-corrected chi connectivity index (χ3v) is 16.9. The molecular weight excluding hydrogens is 997 g/mol. The SMILES string of the molecule is CCCCCCC/C=C\CCCCCCCC(=O)OCC(COC(=O)CCCCCCCCCCCCCCCCCCCCCCC/C=C\CCCCCCCCCC)OC(=O)CCCCCCCCCCCCCCCCCC. The molecular formula is C75H142O6. The van der Waals surface area contributed by atoms with Crippen LogP contribution in [-0.4, -0.2) is 37.2 Å². The predicted octanol–water partition coefficient (Wildman–Crippen LogP) is 25.3. The number of rotatable bonds is 69. The summed E-state index contributed by atoms with van der Waals surface area (Å²) in [5.74, 6) is -0.843. The van der Waals surface area contributed by atoms with Gasteiger partial charge in [0.1, 0.15) is 13.2 Å². The first-order chi connectivity index (χ1) is 40.0. The summed E-state index contributed by atoms with van der Waals surface area (Å²) in [5, 5.41) is 0. The fourth-order valence-electron chi connectivity index (χ4n) is 11.4. The molecule has 0 heterocycles. The van der Waals surface area contributed by atoms with E-state index in [2.05, 4.69) is 45.1 Å². The van der Waals surface area contributed by atoms with Crippen LogP contribution >= 0.6 is 0 Å². The van der Waals surface area contributed by atoms with Gasteiger partial charge in [0.25, 0.3) is 0 Å². The van der Waals surface area contributed by atoms with Crippen LogP contribution in [0.5, 0.6) is 0 Å². The Labute approximate surface area is 506 Å². The maximum Gasteiger partial charge on any atom is 0.306 e. The molecule has 0 saturated heterocycles. The fourth-order valence-corrected chi connectivity index (χ4v) is 11.4. The van der Waals surface area contributed by atoms with Gasteiger partial charge in [-0.05, 0) is 70.6 Å². The third kappa shape index (κ3) is 68.6. The molecule has 0 fully saturated rings. The van der Waals surface area contributed by atoms with E-state index in [0.717, 1.165) is 64.2 Å². The number of carbonyl (C=O) groups is 3. The highest BCUT2D eigenvalue weighted by Gasteiger charge is 2.19. The van der Waals surface area contributed by atoms with Crippen molar-refractivity contribution in [2.45, 2.75) is 425 Å². The summed E-state index contributed by atoms with van der Waals surface area (Å²) in [6.45, 7) is 6.70. The highest BCUT2D eigenvalue weighted by atomic mass is 16.6. The number of ether oxygens (including phenoxy) is 3. The first-order valence-electron chi connectivity index (χ1n) is 36.8. The highest BCUT2D eigenvalue weighted by Crippen LogP contribution is 2.19. The number of unbranched alkanes of at least 4 members (excludes halogenated alkanes) is 54. The number of allylic oxidation sites excluding steroid dienone is 4. The van der Waals surface area contributed by atoms with Crippen molar-refractivity contribution in [2.24, 2.45) is 0 Å². The van der Waals surface area contributed by atoms with Crippen LogP contribution in [0.1, 0.15) is 419 Å². The molecule has 478 valence electrons. The number of hydrogen-bond acceptors (Lipinski definition) is 6. The van der Waals surface area contributed by atoms with Crippen molar-refractivity contribution >= 4 is 17.9 Å². The van der Waals surface area contributed by atoms with E-state index in [1.807, 2.05) is 0 Å². The van der Waals surface area contributed by atoms with Crippen molar-refractivity contribution in [1.82, 2.24) is 0 Å². The zero-order chi connectivity index (χ0) is 58.5. The summed E-state index contributed by atoms with van der Waals surface area (Å²) in [6.07, 6.45) is 86.6. The van der Waals surface area contributed by atoms with Gasteiger partial charge in [-0.1, -0.05) is 353 Å². The van der Waals surface area contributed by atoms with E-state index in [-0.39, 0.29) is 31.1 Å². The Kier molecular flexibility index (Phi) is 68.5. The average molecular weight is 1140 g/mol. The van der Waals surface area contributed by atoms with E-state index >= 15 is 0 Å². The lowest BCUT2D eigenvalue weighted by atomic mass is 10.0. The molecule has 6 nitrogen and oxygen atoms in total. The van der Waals surface area contributed by atoms with Crippen LogP contribution in [0.25, 0.3) is 0 Å². The van der Waals surface area contributed by atoms with Crippen molar-refractivity contribution in [3.05, 3.63) is 24.3 Å². The molecule has 0 aromatic carbocycles. The van der Waals surface area contributed by atoms with Gasteiger partial charge >= 0.3 is 17.9 Å². The first-order valence-corrected chi connectivity index (χ1v) is 36.8. The molecule has 6 heteroatoms. The Morgan fingerprint density at radius 1 is 0.235 bits per heavy atom. The average Bonchev–Trinajstić information content (AvgIpc) is 3.47. The molecule has 1 unspecified atom stereocenters. The number of hydrogen-bond donors (Lipinski definition) is 0. The van der Waals surface area contributed by atoms with Crippen molar-refractivity contribution in [2.75, 3.05) is 13.2 Å². The zero-order valence-electron chi connectivity index (χ0n) is 55.1. The standard InChI is InChI=1S/C75H142O6/c1-4-7-10-13-16-19-22-25-28-30-31-32-33-34-35-36-37-38-39-40-41-42-43-44-45-46-48-50-53-56-59-62-65-68-74(77)80-71-72(70-79-73(76)67-64-61-58-55-52-49-27-24-21-18-15-12-9-6-3)81-75(78)69-66-63-60-57-54-51-47-29-26-23-20-17-14-11-8-5-2/h24,27,30-31,72H,4-23,25-26,28-29,32-71H2,1-3H3/b27-24-,31-30-. The lowest BCUT2D eigenvalue weighted by Crippen LogP contribution is -2.30. The van der Waals surface area contributed by atoms with E-state index in [9.17, 15) is 14.4 Å². The Morgan fingerprint density at radius 2 is 0.407 bits per heavy atom. The van der Waals surface area contributed by atoms with Gasteiger partial charge in [-0.2, -0.15) is 0 Å². The molecule has 0 aromatic rings. The first kappa shape index (κ1) is 78.9. The summed E-state index contributed by atoms with van der Waals surface area (Å²) in [6, 6.07) is 0. The van der Waals surface area contributed by atoms with E-state index in [4.69, 9.17) is 14.2 Å². The Balaban J connectivity index is 4.09. The molecule has 0 aromatic heterocycles. The van der Waals surface area contributed by atoms with E-state index < -0.39 is 6.10 Å². The normalized spacial score (nSPS) is 12.1. The van der Waals surface area contributed by atoms with E-state index in [1.54, 1.807) is 0 Å². The third-order valence-electron chi connectivity index (χ3n) is 16.9. The minimum absolute atomic E-state index is 0.0670. The second-order valence-electron chi connectivity index (χ2n) is 25.2. The van der Waals surface area contributed by atoms with Gasteiger partial charge in [0.15, 0.2) is 6.10 Å². The van der Waals surface area contributed by atoms with Crippen molar-refractivity contribution < 1.29 is 28.6 Å². The fraction of sp³-hybridized carbons (Fsp3) is 0.907. The molecule has 0 saturated carbocycles. The van der Waals surface area contributed by atoms with Gasteiger partial charge in [-0.3, -0.25) is 14.4 Å². The zero-order valence-corrected chi connectivity index (χ0v) is 55.1. The second-order valence-corrected chi connectivity index (χ2v) is 25.2. The summed E-state index contributed by atoms with van der Waals surface area (Å²) < 4.78 is 17.0. The van der Waals surface area contributed by atoms with Gasteiger partial charge in [0, 0.05) is 19.3 Å². The lowest BCUT2D eigenvalue weighted by Gasteiger charge is -2.18. The van der Waals surface area contributed by atoms with Crippen LogP contribution in [0.3, 0.4) is 0 Å². The van der Waals surface area contributed by atoms with Gasteiger partial charge in [-0.25, -0.2) is 0 Å². The van der Waals surface area contributed by atoms with Crippen LogP contribution < -0.4 is 0 Å². The molecule has 0 bridgehead atoms. The Hall–Kier alpha value is -2.11. The molecule has 0 radical (unpaired) electrons. The van der Waals surface area contributed by atoms with E-state index in [1.165, 1.54) is 315 Å². The quantitative estimate of drug-likeness (QED) is 0.0261. The minimum atomic E-state index is -0.771. The lowest BCUT2D eigenvalue weighted by molar-refractivity contribution is -0.167. The van der Waals surface area contributed by atoms with Crippen molar-refractivity contribution in [3.63, 3.8) is 0 Å². The molecule has 0 aliphatic rings. The summed E-state index contributed by atoms with van der Waals surface area (Å²) >= 11 is 0. The van der Waals surface area contributed by atoms with Gasteiger partial charge in [0.05, 0.1) is 0 Å². The van der Waals surface area contributed by atoms with Gasteiger partial charge < -0.3 is 14.2 Å². The highest BCUT2D eigenvalue weighted by molar-refractivity contribution is 5.71. The van der Waals surface area contributed by atoms with Crippen LogP contribution in [0.15, 0.2) is 24.3 Å². The summed E-state index contributed by atoms with van der Waals surface area (Å²) in [7, 11) is 0. The monoisotopic (exact) mass is 1140 g/mol. The van der Waals surface area contributed by atoms with E-state index in [0.29, 0.717) is 19.3 Å². The molecule has 1 atom stereocenters. The molecule has 0 aliphatic heterocycles. The smallest absolute Gasteiger partial charge is 0.306 e. The molecule has 0 amide bonds. The molecule has 0 rings (SSSR count). The number of esters is 3. The molecule has 0 aliphatic carbocycles. The summed E-state index contributed by atoms with van der Waals surface area (Å²) in [4.78, 5) is 38.4. The Morgan fingerprint density at radius 3 is 0.617 bits per heavy atom. The molecule has 0 spiro atoms.